The van der Waals surface area contributed by atoms with Crippen LogP contribution in [0.25, 0.3) is 0 Å². The lowest BCUT2D eigenvalue weighted by Gasteiger charge is -2.26. The Hall–Kier alpha value is -1.52. The summed E-state index contributed by atoms with van der Waals surface area (Å²) in [6.45, 7) is 0. The van der Waals surface area contributed by atoms with Crippen LogP contribution in [0.4, 0.5) is 4.39 Å². The summed E-state index contributed by atoms with van der Waals surface area (Å²) in [5, 5.41) is 0.817. The zero-order chi connectivity index (χ0) is 13.9. The van der Waals surface area contributed by atoms with Crippen LogP contribution in [0.5, 0.6) is 0 Å². The van der Waals surface area contributed by atoms with Crippen LogP contribution < -0.4 is 5.73 Å². The quantitative estimate of drug-likeness (QED) is 0.885. The molecule has 2 N–H and O–H groups in total. The highest BCUT2D eigenvalue weighted by Gasteiger charge is 2.25. The number of rotatable bonds is 2. The van der Waals surface area contributed by atoms with Crippen molar-refractivity contribution in [3.8, 4) is 0 Å². The molecule has 0 saturated carbocycles. The van der Waals surface area contributed by atoms with Gasteiger partial charge in [0.2, 0.25) is 0 Å². The van der Waals surface area contributed by atoms with Crippen LogP contribution in [0.3, 0.4) is 0 Å². The van der Waals surface area contributed by atoms with Crippen LogP contribution in [0.2, 0.25) is 0 Å². The van der Waals surface area contributed by atoms with Gasteiger partial charge in [-0.15, -0.1) is 12.4 Å². The minimum absolute atomic E-state index is 0. The summed E-state index contributed by atoms with van der Waals surface area (Å²) in [6.07, 6.45) is 0.876. The van der Waals surface area contributed by atoms with Crippen LogP contribution in [-0.2, 0) is 0 Å². The Morgan fingerprint density at radius 3 is 2.33 bits per heavy atom. The Kier molecular flexibility index (Phi) is 5.26. The molecule has 5 heteroatoms. The lowest BCUT2D eigenvalue weighted by molar-refractivity contribution is 0.621. The first-order valence-corrected chi connectivity index (χ1v) is 7.40. The zero-order valence-corrected chi connectivity index (χ0v) is 12.9. The molecule has 2 nitrogen and oxygen atoms in total. The molecule has 0 aromatic heterocycles. The zero-order valence-electron chi connectivity index (χ0n) is 11.3. The van der Waals surface area contributed by atoms with Crippen molar-refractivity contribution in [2.45, 2.75) is 17.7 Å². The average Bonchev–Trinajstić information content (AvgIpc) is 2.48. The SMILES string of the molecule is Cl.NC1=N[C@H](c2ccccc2)C[C@H](c2ccc(F)cc2)S1. The molecule has 2 aromatic rings. The average molecular weight is 323 g/mol. The summed E-state index contributed by atoms with van der Waals surface area (Å²) >= 11 is 1.55. The van der Waals surface area contributed by atoms with Gasteiger partial charge < -0.3 is 5.73 Å². The summed E-state index contributed by atoms with van der Waals surface area (Å²) in [5.74, 6) is -0.212. The van der Waals surface area contributed by atoms with Crippen LogP contribution in [0, 0.1) is 5.82 Å². The topological polar surface area (TPSA) is 38.4 Å². The van der Waals surface area contributed by atoms with Crippen molar-refractivity contribution in [2.75, 3.05) is 0 Å². The third-order valence-corrected chi connectivity index (χ3v) is 4.51. The van der Waals surface area contributed by atoms with Gasteiger partial charge >= 0.3 is 0 Å². The second-order valence-electron chi connectivity index (χ2n) is 4.79. The molecule has 0 bridgehead atoms. The molecule has 1 aliphatic rings. The molecule has 0 unspecified atom stereocenters. The molecule has 0 radical (unpaired) electrons. The van der Waals surface area contributed by atoms with Crippen LogP contribution in [0.1, 0.15) is 28.8 Å². The maximum Gasteiger partial charge on any atom is 0.155 e. The molecule has 2 atom stereocenters. The summed E-state index contributed by atoms with van der Waals surface area (Å²) < 4.78 is 13.0. The van der Waals surface area contributed by atoms with Crippen molar-refractivity contribution in [3.05, 3.63) is 71.5 Å². The summed E-state index contributed by atoms with van der Waals surface area (Å²) in [7, 11) is 0. The smallest absolute Gasteiger partial charge is 0.155 e. The maximum atomic E-state index is 13.0. The van der Waals surface area contributed by atoms with Gasteiger partial charge in [0.15, 0.2) is 5.17 Å². The van der Waals surface area contributed by atoms with E-state index in [1.165, 1.54) is 17.7 Å². The Bertz CT molecular complexity index is 616. The van der Waals surface area contributed by atoms with E-state index in [4.69, 9.17) is 5.73 Å². The predicted octanol–water partition coefficient (Wildman–Crippen LogP) is 4.48. The number of halogens is 2. The standard InChI is InChI=1S/C16H15FN2S.ClH/c17-13-8-6-12(7-9-13)15-10-14(19-16(18)20-15)11-4-2-1-3-5-11;/h1-9,14-15H,10H2,(H2,18,19);1H/t14-,15+;/m0./s1. The monoisotopic (exact) mass is 322 g/mol. The van der Waals surface area contributed by atoms with E-state index in [2.05, 4.69) is 17.1 Å². The molecule has 1 aliphatic heterocycles. The number of nitrogens with two attached hydrogens (primary N) is 1. The molecule has 0 amide bonds. The Labute approximate surface area is 134 Å². The number of amidine groups is 1. The van der Waals surface area contributed by atoms with Crippen molar-refractivity contribution < 1.29 is 4.39 Å². The first kappa shape index (κ1) is 15.9. The van der Waals surface area contributed by atoms with Gasteiger partial charge in [-0.2, -0.15) is 0 Å². The highest BCUT2D eigenvalue weighted by Crippen LogP contribution is 2.42. The normalized spacial score (nSPS) is 21.3. The molecule has 110 valence electrons. The van der Waals surface area contributed by atoms with Gasteiger partial charge in [-0.25, -0.2) is 4.39 Å². The largest absolute Gasteiger partial charge is 0.379 e. The Balaban J connectivity index is 0.00000161. The van der Waals surface area contributed by atoms with Gasteiger partial charge in [0.25, 0.3) is 0 Å². The Morgan fingerprint density at radius 2 is 1.67 bits per heavy atom. The molecule has 1 heterocycles. The van der Waals surface area contributed by atoms with E-state index in [0.717, 1.165) is 12.0 Å². The number of aliphatic imine (C=N–C) groups is 1. The van der Waals surface area contributed by atoms with Crippen LogP contribution >= 0.6 is 24.2 Å². The molecule has 0 spiro atoms. The van der Waals surface area contributed by atoms with Crippen LogP contribution in [0.15, 0.2) is 59.6 Å². The fourth-order valence-electron chi connectivity index (χ4n) is 2.40. The minimum Gasteiger partial charge on any atom is -0.379 e. The van der Waals surface area contributed by atoms with E-state index < -0.39 is 0 Å². The first-order chi connectivity index (χ1) is 9.72. The van der Waals surface area contributed by atoms with Crippen molar-refractivity contribution in [1.29, 1.82) is 0 Å². The van der Waals surface area contributed by atoms with Gasteiger partial charge in [0.1, 0.15) is 5.82 Å². The van der Waals surface area contributed by atoms with Crippen molar-refractivity contribution in [3.63, 3.8) is 0 Å². The lowest BCUT2D eigenvalue weighted by atomic mass is 9.99. The van der Waals surface area contributed by atoms with E-state index in [-0.39, 0.29) is 29.5 Å². The second-order valence-corrected chi connectivity index (χ2v) is 6.01. The van der Waals surface area contributed by atoms with E-state index in [1.54, 1.807) is 11.8 Å². The van der Waals surface area contributed by atoms with Crippen molar-refractivity contribution >= 4 is 29.3 Å². The third kappa shape index (κ3) is 3.77. The minimum atomic E-state index is -0.212. The third-order valence-electron chi connectivity index (χ3n) is 3.41. The number of thioether (sulfide) groups is 1. The van der Waals surface area contributed by atoms with Gasteiger partial charge in [-0.05, 0) is 29.7 Å². The highest BCUT2D eigenvalue weighted by atomic mass is 35.5. The van der Waals surface area contributed by atoms with E-state index >= 15 is 0 Å². The first-order valence-electron chi connectivity index (χ1n) is 6.53. The molecular weight excluding hydrogens is 307 g/mol. The number of hydrogen-bond acceptors (Lipinski definition) is 3. The molecule has 0 aliphatic carbocycles. The van der Waals surface area contributed by atoms with Crippen molar-refractivity contribution in [2.24, 2.45) is 10.7 Å². The Morgan fingerprint density at radius 1 is 1.00 bits per heavy atom. The lowest BCUT2D eigenvalue weighted by Crippen LogP contribution is -2.18. The molecule has 0 saturated heterocycles. The summed E-state index contributed by atoms with van der Waals surface area (Å²) in [5.41, 5.74) is 8.22. The fourth-order valence-corrected chi connectivity index (χ4v) is 3.45. The predicted molar refractivity (Wildman–Crippen MR) is 89.4 cm³/mol. The van der Waals surface area contributed by atoms with E-state index in [0.29, 0.717) is 5.17 Å². The van der Waals surface area contributed by atoms with Gasteiger partial charge in [0.05, 0.1) is 6.04 Å². The van der Waals surface area contributed by atoms with E-state index in [9.17, 15) is 4.39 Å². The molecule has 21 heavy (non-hydrogen) atoms. The summed E-state index contributed by atoms with van der Waals surface area (Å²) in [4.78, 5) is 4.53. The molecule has 0 fully saturated rings. The van der Waals surface area contributed by atoms with Gasteiger partial charge in [0, 0.05) is 5.25 Å². The van der Waals surface area contributed by atoms with E-state index in [1.807, 2.05) is 30.3 Å². The van der Waals surface area contributed by atoms with Gasteiger partial charge in [-0.1, -0.05) is 54.2 Å². The number of nitrogens with zero attached hydrogens (tertiary/aromatic N) is 1. The fraction of sp³-hybridized carbons (Fsp3) is 0.188. The maximum absolute atomic E-state index is 13.0. The summed E-state index contributed by atoms with van der Waals surface area (Å²) in [6, 6.07) is 16.9. The van der Waals surface area contributed by atoms with Crippen molar-refractivity contribution in [1.82, 2.24) is 0 Å². The molecular formula is C16H16ClFN2S. The highest BCUT2D eigenvalue weighted by molar-refractivity contribution is 8.14. The molecule has 3 rings (SSSR count). The second kappa shape index (κ2) is 6.96. The van der Waals surface area contributed by atoms with Crippen LogP contribution in [-0.4, -0.2) is 5.17 Å². The molecule has 2 aromatic carbocycles. The van der Waals surface area contributed by atoms with Gasteiger partial charge in [-0.3, -0.25) is 4.99 Å². The number of benzene rings is 2. The number of hydrogen-bond donors (Lipinski definition) is 1.